The van der Waals surface area contributed by atoms with E-state index >= 15 is 0 Å². The molecule has 8 heteroatoms. The van der Waals surface area contributed by atoms with E-state index in [1.54, 1.807) is 35.3 Å². The number of ether oxygens (including phenoxy) is 1. The highest BCUT2D eigenvalue weighted by molar-refractivity contribution is 6.30. The third kappa shape index (κ3) is 4.23. The molecular weight excluding hydrogens is 354 g/mol. The van der Waals surface area contributed by atoms with Gasteiger partial charge in [0.15, 0.2) is 6.73 Å². The van der Waals surface area contributed by atoms with E-state index in [4.69, 9.17) is 16.3 Å². The number of nitrogens with zero attached hydrogens (tertiary/aromatic N) is 4. The van der Waals surface area contributed by atoms with Crippen LogP contribution in [0.25, 0.3) is 0 Å². The molecule has 0 spiro atoms. The van der Waals surface area contributed by atoms with Crippen LogP contribution in [0.5, 0.6) is 5.75 Å². The topological polar surface area (TPSA) is 74.0 Å². The number of hydrogen-bond donors (Lipinski definition) is 1. The van der Waals surface area contributed by atoms with Crippen LogP contribution in [0.2, 0.25) is 5.02 Å². The Morgan fingerprint density at radius 2 is 2.19 bits per heavy atom. The van der Waals surface area contributed by atoms with Gasteiger partial charge in [-0.1, -0.05) is 17.7 Å². The first kappa shape index (κ1) is 18.0. The van der Waals surface area contributed by atoms with Gasteiger partial charge in [-0.3, -0.25) is 9.48 Å². The van der Waals surface area contributed by atoms with Gasteiger partial charge in [0.2, 0.25) is 0 Å². The molecule has 136 valence electrons. The summed E-state index contributed by atoms with van der Waals surface area (Å²) >= 11 is 5.92. The first-order valence-corrected chi connectivity index (χ1v) is 8.66. The molecule has 0 aliphatic heterocycles. The molecule has 3 rings (SSSR count). The Morgan fingerprint density at radius 3 is 2.92 bits per heavy atom. The fourth-order valence-electron chi connectivity index (χ4n) is 2.50. The Labute approximate surface area is 156 Å². The normalized spacial score (nSPS) is 10.7. The quantitative estimate of drug-likeness (QED) is 0.690. The SMILES string of the molecule is CCn1ncc(CNC(=O)c2ccn(COc3cccc(Cl)c3)n2)c1C. The predicted molar refractivity (Wildman–Crippen MR) is 98.1 cm³/mol. The van der Waals surface area contributed by atoms with Crippen LogP contribution in [-0.4, -0.2) is 25.5 Å². The van der Waals surface area contributed by atoms with E-state index in [-0.39, 0.29) is 12.6 Å². The lowest BCUT2D eigenvalue weighted by Gasteiger charge is -2.06. The number of halogens is 1. The third-order valence-electron chi connectivity index (χ3n) is 3.98. The molecule has 1 N–H and O–H groups in total. The van der Waals surface area contributed by atoms with E-state index < -0.39 is 0 Å². The van der Waals surface area contributed by atoms with E-state index in [9.17, 15) is 4.79 Å². The molecule has 26 heavy (non-hydrogen) atoms. The molecule has 1 amide bonds. The van der Waals surface area contributed by atoms with Crippen LogP contribution in [0.4, 0.5) is 0 Å². The average Bonchev–Trinajstić information content (AvgIpc) is 3.25. The summed E-state index contributed by atoms with van der Waals surface area (Å²) in [6, 6.07) is 8.76. The van der Waals surface area contributed by atoms with Crippen molar-refractivity contribution >= 4 is 17.5 Å². The van der Waals surface area contributed by atoms with Gasteiger partial charge in [-0.05, 0) is 38.1 Å². The van der Waals surface area contributed by atoms with Crippen molar-refractivity contribution in [2.75, 3.05) is 0 Å². The molecule has 0 saturated heterocycles. The van der Waals surface area contributed by atoms with Crippen molar-refractivity contribution in [3.8, 4) is 5.75 Å². The summed E-state index contributed by atoms with van der Waals surface area (Å²) in [6.45, 7) is 5.42. The monoisotopic (exact) mass is 373 g/mol. The maximum Gasteiger partial charge on any atom is 0.272 e. The molecule has 1 aromatic carbocycles. The summed E-state index contributed by atoms with van der Waals surface area (Å²) in [5.41, 5.74) is 2.37. The number of amides is 1. The van der Waals surface area contributed by atoms with Crippen molar-refractivity contribution in [2.45, 2.75) is 33.7 Å². The van der Waals surface area contributed by atoms with Gasteiger partial charge in [-0.15, -0.1) is 0 Å². The molecule has 3 aromatic rings. The van der Waals surface area contributed by atoms with Crippen molar-refractivity contribution in [1.82, 2.24) is 24.9 Å². The highest BCUT2D eigenvalue weighted by Crippen LogP contribution is 2.17. The number of rotatable bonds is 7. The van der Waals surface area contributed by atoms with Crippen LogP contribution >= 0.6 is 11.6 Å². The fraction of sp³-hybridized carbons (Fsp3) is 0.278. The maximum atomic E-state index is 12.3. The number of nitrogens with one attached hydrogen (secondary N) is 1. The van der Waals surface area contributed by atoms with Crippen LogP contribution in [-0.2, 0) is 19.8 Å². The molecule has 2 heterocycles. The standard InChI is InChI=1S/C18H20ClN5O2/c1-3-24-13(2)14(11-21-24)10-20-18(25)17-7-8-23(22-17)12-26-16-6-4-5-15(19)9-16/h4-9,11H,3,10,12H2,1-2H3,(H,20,25). The van der Waals surface area contributed by atoms with Crippen molar-refractivity contribution in [3.63, 3.8) is 0 Å². The third-order valence-corrected chi connectivity index (χ3v) is 4.21. The van der Waals surface area contributed by atoms with Gasteiger partial charge in [-0.2, -0.15) is 10.2 Å². The summed E-state index contributed by atoms with van der Waals surface area (Å²) in [4.78, 5) is 12.3. The van der Waals surface area contributed by atoms with E-state index in [0.717, 1.165) is 17.8 Å². The zero-order valence-corrected chi connectivity index (χ0v) is 15.4. The lowest BCUT2D eigenvalue weighted by atomic mass is 10.2. The summed E-state index contributed by atoms with van der Waals surface area (Å²) in [5.74, 6) is 0.401. The van der Waals surface area contributed by atoms with Crippen LogP contribution in [0, 0.1) is 6.92 Å². The molecule has 0 bridgehead atoms. The molecular formula is C18H20ClN5O2. The van der Waals surface area contributed by atoms with Crippen LogP contribution < -0.4 is 10.1 Å². The zero-order valence-electron chi connectivity index (χ0n) is 14.6. The van der Waals surface area contributed by atoms with Crippen molar-refractivity contribution in [1.29, 1.82) is 0 Å². The second kappa shape index (κ2) is 8.05. The van der Waals surface area contributed by atoms with E-state index in [1.807, 2.05) is 30.7 Å². The smallest absolute Gasteiger partial charge is 0.272 e. The van der Waals surface area contributed by atoms with E-state index in [1.165, 1.54) is 0 Å². The van der Waals surface area contributed by atoms with Crippen LogP contribution in [0.1, 0.15) is 28.7 Å². The minimum Gasteiger partial charge on any atom is -0.471 e. The Hall–Kier alpha value is -2.80. The number of aromatic nitrogens is 4. The number of carbonyl (C=O) groups excluding carboxylic acids is 1. The van der Waals surface area contributed by atoms with Gasteiger partial charge in [0.1, 0.15) is 11.4 Å². The van der Waals surface area contributed by atoms with Crippen molar-refractivity contribution in [3.05, 3.63) is 64.7 Å². The predicted octanol–water partition coefficient (Wildman–Crippen LogP) is 3.03. The zero-order chi connectivity index (χ0) is 18.5. The first-order valence-electron chi connectivity index (χ1n) is 8.28. The molecule has 0 unspecified atom stereocenters. The first-order chi connectivity index (χ1) is 12.6. The maximum absolute atomic E-state index is 12.3. The van der Waals surface area contributed by atoms with Gasteiger partial charge >= 0.3 is 0 Å². The van der Waals surface area contributed by atoms with Gasteiger partial charge in [0.05, 0.1) is 6.20 Å². The van der Waals surface area contributed by atoms with Gasteiger partial charge in [0.25, 0.3) is 5.91 Å². The highest BCUT2D eigenvalue weighted by atomic mass is 35.5. The lowest BCUT2D eigenvalue weighted by Crippen LogP contribution is -2.24. The average molecular weight is 374 g/mol. The van der Waals surface area contributed by atoms with Gasteiger partial charge in [-0.25, -0.2) is 4.68 Å². The van der Waals surface area contributed by atoms with Crippen molar-refractivity contribution < 1.29 is 9.53 Å². The Morgan fingerprint density at radius 1 is 1.35 bits per heavy atom. The van der Waals surface area contributed by atoms with Crippen LogP contribution in [0.15, 0.2) is 42.7 Å². The van der Waals surface area contributed by atoms with Gasteiger partial charge < -0.3 is 10.1 Å². The summed E-state index contributed by atoms with van der Waals surface area (Å²) < 4.78 is 9.04. The highest BCUT2D eigenvalue weighted by Gasteiger charge is 2.11. The van der Waals surface area contributed by atoms with E-state index in [2.05, 4.69) is 15.5 Å². The largest absolute Gasteiger partial charge is 0.471 e. The molecule has 0 fully saturated rings. The molecule has 0 atom stereocenters. The molecule has 2 aromatic heterocycles. The number of benzene rings is 1. The molecule has 0 radical (unpaired) electrons. The minimum atomic E-state index is -0.241. The van der Waals surface area contributed by atoms with Crippen molar-refractivity contribution in [2.24, 2.45) is 0 Å². The molecule has 0 aliphatic carbocycles. The molecule has 7 nitrogen and oxygen atoms in total. The minimum absolute atomic E-state index is 0.190. The summed E-state index contributed by atoms with van der Waals surface area (Å²) in [5, 5.41) is 12.0. The molecule has 0 aliphatic rings. The lowest BCUT2D eigenvalue weighted by molar-refractivity contribution is 0.0944. The van der Waals surface area contributed by atoms with E-state index in [0.29, 0.717) is 23.0 Å². The summed E-state index contributed by atoms with van der Waals surface area (Å²) in [7, 11) is 0. The number of hydrogen-bond acceptors (Lipinski definition) is 4. The fourth-order valence-corrected chi connectivity index (χ4v) is 2.68. The number of aryl methyl sites for hydroxylation is 1. The Balaban J connectivity index is 1.55. The second-order valence-electron chi connectivity index (χ2n) is 5.72. The Kier molecular flexibility index (Phi) is 5.58. The second-order valence-corrected chi connectivity index (χ2v) is 6.16. The Bertz CT molecular complexity index is 903. The number of carbonyl (C=O) groups is 1. The molecule has 0 saturated carbocycles. The van der Waals surface area contributed by atoms with Gasteiger partial charge in [0, 0.05) is 35.6 Å². The van der Waals surface area contributed by atoms with Crippen LogP contribution in [0.3, 0.4) is 0 Å². The summed E-state index contributed by atoms with van der Waals surface area (Å²) in [6.07, 6.45) is 3.47.